The van der Waals surface area contributed by atoms with Crippen molar-refractivity contribution in [2.24, 2.45) is 0 Å². The number of aromatic nitrogens is 1. The van der Waals surface area contributed by atoms with Gasteiger partial charge in [0, 0.05) is 11.1 Å². The molecular formula is C18H12ClF4NO5S. The Morgan fingerprint density at radius 2 is 1.93 bits per heavy atom. The summed E-state index contributed by atoms with van der Waals surface area (Å²) in [7, 11) is 0. The number of fused-ring (bicyclic) bond motifs is 1. The number of phenols is 1. The number of halogens is 5. The van der Waals surface area contributed by atoms with Crippen molar-refractivity contribution in [2.45, 2.75) is 25.9 Å². The molecule has 160 valence electrons. The van der Waals surface area contributed by atoms with Crippen LogP contribution in [0.3, 0.4) is 0 Å². The van der Waals surface area contributed by atoms with Gasteiger partial charge in [-0.3, -0.25) is 14.2 Å². The van der Waals surface area contributed by atoms with Gasteiger partial charge in [0.2, 0.25) is 0 Å². The van der Waals surface area contributed by atoms with Gasteiger partial charge in [0.25, 0.3) is 5.91 Å². The first kappa shape index (κ1) is 21.9. The van der Waals surface area contributed by atoms with Gasteiger partial charge in [0.15, 0.2) is 5.06 Å². The predicted molar refractivity (Wildman–Crippen MR) is 100 cm³/mol. The number of ether oxygens (including phenoxy) is 1. The van der Waals surface area contributed by atoms with Crippen LogP contribution in [0.4, 0.5) is 17.6 Å². The van der Waals surface area contributed by atoms with Crippen LogP contribution >= 0.6 is 22.9 Å². The zero-order chi connectivity index (χ0) is 22.4. The molecule has 0 fully saturated rings. The molecule has 0 atom stereocenters. The van der Waals surface area contributed by atoms with E-state index >= 15 is 0 Å². The van der Waals surface area contributed by atoms with Crippen molar-refractivity contribution in [1.82, 2.24) is 4.57 Å². The van der Waals surface area contributed by atoms with Crippen molar-refractivity contribution in [1.29, 1.82) is 0 Å². The molecule has 0 aliphatic heterocycles. The topological polar surface area (TPSA) is 88.8 Å². The normalized spacial score (nSPS) is 12.0. The second kappa shape index (κ2) is 7.80. The summed E-state index contributed by atoms with van der Waals surface area (Å²) in [4.78, 5) is 24.1. The molecule has 0 unspecified atom stereocenters. The molecule has 2 heterocycles. The highest BCUT2D eigenvalue weighted by molar-refractivity contribution is 7.15. The van der Waals surface area contributed by atoms with Gasteiger partial charge in [-0.1, -0.05) is 22.9 Å². The summed E-state index contributed by atoms with van der Waals surface area (Å²) in [6.45, 7) is 1.46. The number of phenolic OH excluding ortho intramolecular Hbond substituents is 1. The number of carbonyl (C=O) groups excluding carboxylic acids is 1. The number of nitrogens with zero attached hydrogens (tertiary/aromatic N) is 1. The molecule has 0 radical (unpaired) electrons. The largest absolute Gasteiger partial charge is 0.506 e. The molecule has 2 aromatic heterocycles. The van der Waals surface area contributed by atoms with Crippen molar-refractivity contribution >= 4 is 45.7 Å². The van der Waals surface area contributed by atoms with Crippen LogP contribution in [0, 0.1) is 6.92 Å². The van der Waals surface area contributed by atoms with Crippen LogP contribution in [0.5, 0.6) is 10.8 Å². The molecule has 0 bridgehead atoms. The van der Waals surface area contributed by atoms with Crippen LogP contribution < -0.4 is 4.74 Å². The van der Waals surface area contributed by atoms with Gasteiger partial charge >= 0.3 is 18.5 Å². The maximum absolute atomic E-state index is 13.1. The highest BCUT2D eigenvalue weighted by Crippen LogP contribution is 2.39. The summed E-state index contributed by atoms with van der Waals surface area (Å²) in [5.74, 6) is -2.26. The van der Waals surface area contributed by atoms with Gasteiger partial charge in [-0.2, -0.15) is 17.6 Å². The molecule has 2 N–H and O–H groups in total. The lowest BCUT2D eigenvalue weighted by atomic mass is 10.1. The van der Waals surface area contributed by atoms with Crippen LogP contribution in [-0.4, -0.2) is 39.2 Å². The number of carbonyl (C=O) groups is 2. The monoisotopic (exact) mass is 465 g/mol. The number of aromatic hydroxyl groups is 1. The van der Waals surface area contributed by atoms with E-state index in [1.54, 1.807) is 0 Å². The van der Waals surface area contributed by atoms with E-state index in [2.05, 4.69) is 4.74 Å². The maximum atomic E-state index is 13.1. The fourth-order valence-corrected chi connectivity index (χ4v) is 4.03. The molecule has 0 spiro atoms. The molecule has 30 heavy (non-hydrogen) atoms. The van der Waals surface area contributed by atoms with Crippen LogP contribution in [0.25, 0.3) is 10.9 Å². The van der Waals surface area contributed by atoms with Crippen molar-refractivity contribution < 1.29 is 42.1 Å². The highest BCUT2D eigenvalue weighted by atomic mass is 35.5. The number of benzene rings is 1. The zero-order valence-electron chi connectivity index (χ0n) is 15.0. The molecule has 6 nitrogen and oxygen atoms in total. The fraction of sp³-hybridized carbons (Fsp3) is 0.222. The summed E-state index contributed by atoms with van der Waals surface area (Å²) in [5.41, 5.74) is 0.577. The molecule has 0 saturated carbocycles. The Hall–Kier alpha value is -2.79. The third kappa shape index (κ3) is 3.82. The predicted octanol–water partition coefficient (Wildman–Crippen LogP) is 4.92. The van der Waals surface area contributed by atoms with Gasteiger partial charge in [0.1, 0.15) is 5.75 Å². The van der Waals surface area contributed by atoms with E-state index in [1.807, 2.05) is 0 Å². The second-order valence-corrected chi connectivity index (χ2v) is 7.58. The van der Waals surface area contributed by atoms with Crippen LogP contribution in [0.15, 0.2) is 24.3 Å². The number of carboxylic acids is 1. The highest BCUT2D eigenvalue weighted by Gasteiger charge is 2.44. The van der Waals surface area contributed by atoms with Gasteiger partial charge in [-0.25, -0.2) is 0 Å². The standard InChI is InChI=1S/C18H12ClF4NO5S/c1-7-8(6-12(26)27)14-9(2-3-10(25)15(14)19)24(7)16(28)11-4-5-13(30-11)29-18(22,23)17(20)21/h2-5,17,25H,6H2,1H3,(H,26,27). The first-order valence-corrected chi connectivity index (χ1v) is 9.36. The maximum Gasteiger partial charge on any atom is 0.461 e. The average molecular weight is 466 g/mol. The van der Waals surface area contributed by atoms with E-state index in [4.69, 9.17) is 11.6 Å². The number of carboxylic acid groups (broad SMARTS) is 1. The molecule has 3 rings (SSSR count). The lowest BCUT2D eigenvalue weighted by molar-refractivity contribution is -0.251. The quantitative estimate of drug-likeness (QED) is 0.504. The lowest BCUT2D eigenvalue weighted by Gasteiger charge is -2.14. The molecule has 0 saturated heterocycles. The number of thiophene rings is 1. The Kier molecular flexibility index (Phi) is 5.70. The van der Waals surface area contributed by atoms with E-state index in [1.165, 1.54) is 19.1 Å². The SMILES string of the molecule is Cc1c(CC(=O)O)c2c(Cl)c(O)ccc2n1C(=O)c1ccc(OC(F)(F)C(F)F)s1. The van der Waals surface area contributed by atoms with E-state index < -0.39 is 35.9 Å². The van der Waals surface area contributed by atoms with Gasteiger partial charge < -0.3 is 14.9 Å². The molecule has 12 heteroatoms. The number of aliphatic carboxylic acids is 1. The summed E-state index contributed by atoms with van der Waals surface area (Å²) in [6, 6.07) is 4.63. The Morgan fingerprint density at radius 1 is 1.27 bits per heavy atom. The van der Waals surface area contributed by atoms with Gasteiger partial charge in [-0.15, -0.1) is 0 Å². The summed E-state index contributed by atoms with van der Waals surface area (Å²) in [6.07, 6.45) is -9.27. The molecule has 1 aromatic carbocycles. The minimum Gasteiger partial charge on any atom is -0.506 e. The summed E-state index contributed by atoms with van der Waals surface area (Å²) >= 11 is 6.54. The van der Waals surface area contributed by atoms with Crippen molar-refractivity contribution in [2.75, 3.05) is 0 Å². The molecule has 3 aromatic rings. The zero-order valence-corrected chi connectivity index (χ0v) is 16.5. The summed E-state index contributed by atoms with van der Waals surface area (Å²) < 4.78 is 55.9. The number of hydrogen-bond donors (Lipinski definition) is 2. The first-order valence-electron chi connectivity index (χ1n) is 8.16. The Balaban J connectivity index is 2.09. The second-order valence-electron chi connectivity index (χ2n) is 6.15. The van der Waals surface area contributed by atoms with Crippen LogP contribution in [0.1, 0.15) is 20.9 Å². The van der Waals surface area contributed by atoms with Gasteiger partial charge in [0.05, 0.1) is 21.8 Å². The molecule has 0 amide bonds. The van der Waals surface area contributed by atoms with Crippen molar-refractivity contribution in [3.05, 3.63) is 45.4 Å². The van der Waals surface area contributed by atoms with Crippen LogP contribution in [0.2, 0.25) is 5.02 Å². The smallest absolute Gasteiger partial charge is 0.461 e. The van der Waals surface area contributed by atoms with Crippen LogP contribution in [-0.2, 0) is 11.2 Å². The number of rotatable bonds is 6. The molecular weight excluding hydrogens is 454 g/mol. The first-order chi connectivity index (χ1) is 13.9. The minimum absolute atomic E-state index is 0.124. The van der Waals surface area contributed by atoms with E-state index in [-0.39, 0.29) is 37.8 Å². The Labute approximate surface area is 174 Å². The molecule has 0 aliphatic rings. The van der Waals surface area contributed by atoms with E-state index in [0.717, 1.165) is 16.7 Å². The van der Waals surface area contributed by atoms with E-state index in [9.17, 15) is 37.4 Å². The third-order valence-corrected chi connectivity index (χ3v) is 5.56. The average Bonchev–Trinajstić information content (AvgIpc) is 3.20. The number of alkyl halides is 4. The lowest BCUT2D eigenvalue weighted by Crippen LogP contribution is -2.33. The van der Waals surface area contributed by atoms with E-state index in [0.29, 0.717) is 11.3 Å². The van der Waals surface area contributed by atoms with Crippen molar-refractivity contribution in [3.63, 3.8) is 0 Å². The Morgan fingerprint density at radius 3 is 2.53 bits per heavy atom. The molecule has 0 aliphatic carbocycles. The minimum atomic E-state index is -4.72. The fourth-order valence-electron chi connectivity index (χ4n) is 2.93. The number of hydrogen-bond acceptors (Lipinski definition) is 5. The third-order valence-electron chi connectivity index (χ3n) is 4.23. The van der Waals surface area contributed by atoms with Gasteiger partial charge in [-0.05, 0) is 36.8 Å². The Bertz CT molecular complexity index is 1160. The van der Waals surface area contributed by atoms with Crippen molar-refractivity contribution in [3.8, 4) is 10.8 Å². The summed E-state index contributed by atoms with van der Waals surface area (Å²) in [5, 5.41) is 18.5.